The average Bonchev–Trinajstić information content (AvgIpc) is 2.28. The van der Waals surface area contributed by atoms with Gasteiger partial charge in [-0.15, -0.1) is 0 Å². The summed E-state index contributed by atoms with van der Waals surface area (Å²) < 4.78 is 13.3. The lowest BCUT2D eigenvalue weighted by molar-refractivity contribution is 0.483. The van der Waals surface area contributed by atoms with E-state index in [9.17, 15) is 4.39 Å². The predicted octanol–water partition coefficient (Wildman–Crippen LogP) is 3.45. The summed E-state index contributed by atoms with van der Waals surface area (Å²) in [6.07, 6.45) is 4.40. The Morgan fingerprint density at radius 3 is 2.62 bits per heavy atom. The molecule has 0 aromatic heterocycles. The highest BCUT2D eigenvalue weighted by molar-refractivity contribution is 5.23. The summed E-state index contributed by atoms with van der Waals surface area (Å²) in [4.78, 5) is 0. The zero-order valence-electron chi connectivity index (χ0n) is 10.5. The Morgan fingerprint density at radius 2 is 2.06 bits per heavy atom. The highest BCUT2D eigenvalue weighted by Crippen LogP contribution is 2.13. The van der Waals surface area contributed by atoms with Crippen LogP contribution in [0.25, 0.3) is 0 Å². The Morgan fingerprint density at radius 1 is 1.31 bits per heavy atom. The van der Waals surface area contributed by atoms with Crippen LogP contribution in [0.4, 0.5) is 4.39 Å². The molecule has 1 unspecified atom stereocenters. The molecule has 1 aromatic rings. The second-order valence-electron chi connectivity index (χ2n) is 4.40. The van der Waals surface area contributed by atoms with E-state index in [1.165, 1.54) is 12.8 Å². The molecule has 2 heteroatoms. The lowest BCUT2D eigenvalue weighted by Crippen LogP contribution is -2.25. The van der Waals surface area contributed by atoms with Crippen molar-refractivity contribution < 1.29 is 4.39 Å². The van der Waals surface area contributed by atoms with E-state index in [2.05, 4.69) is 12.2 Å². The van der Waals surface area contributed by atoms with Crippen molar-refractivity contribution in [3.8, 4) is 0 Å². The molecular weight excluding hydrogens is 201 g/mol. The summed E-state index contributed by atoms with van der Waals surface area (Å²) in [5.41, 5.74) is 1.82. The van der Waals surface area contributed by atoms with Crippen LogP contribution in [0.2, 0.25) is 0 Å². The molecule has 1 rings (SSSR count). The molecule has 0 saturated carbocycles. The van der Waals surface area contributed by atoms with E-state index < -0.39 is 0 Å². The van der Waals surface area contributed by atoms with Crippen LogP contribution in [-0.4, -0.2) is 13.1 Å². The molecular formula is C14H22FN. The normalized spacial score (nSPS) is 12.8. The molecule has 0 aliphatic rings. The third kappa shape index (κ3) is 3.93. The topological polar surface area (TPSA) is 12.0 Å². The van der Waals surface area contributed by atoms with Crippen LogP contribution in [0.1, 0.15) is 37.3 Å². The third-order valence-corrected chi connectivity index (χ3v) is 3.06. The quantitative estimate of drug-likeness (QED) is 0.779. The Hall–Kier alpha value is -0.890. The first-order valence-corrected chi connectivity index (χ1v) is 6.09. The van der Waals surface area contributed by atoms with Crippen LogP contribution in [-0.2, 0) is 6.42 Å². The molecule has 0 radical (unpaired) electrons. The van der Waals surface area contributed by atoms with Crippen molar-refractivity contribution in [3.05, 3.63) is 35.1 Å². The summed E-state index contributed by atoms with van der Waals surface area (Å²) in [7, 11) is 2.00. The Labute approximate surface area is 98.1 Å². The second kappa shape index (κ2) is 6.64. The zero-order valence-corrected chi connectivity index (χ0v) is 10.5. The van der Waals surface area contributed by atoms with Crippen molar-refractivity contribution in [1.82, 2.24) is 5.32 Å². The molecule has 1 atom stereocenters. The molecule has 0 aliphatic heterocycles. The number of aryl methyl sites for hydroxylation is 2. The minimum absolute atomic E-state index is 0.0889. The minimum Gasteiger partial charge on any atom is -0.317 e. The van der Waals surface area contributed by atoms with Gasteiger partial charge in [0.1, 0.15) is 5.82 Å². The number of hydrogen-bond donors (Lipinski definition) is 1. The smallest absolute Gasteiger partial charge is 0.126 e. The molecule has 0 fully saturated rings. The maximum absolute atomic E-state index is 13.3. The maximum atomic E-state index is 13.3. The molecule has 0 bridgehead atoms. The Kier molecular flexibility index (Phi) is 5.47. The van der Waals surface area contributed by atoms with Gasteiger partial charge in [-0.3, -0.25) is 0 Å². The van der Waals surface area contributed by atoms with Gasteiger partial charge >= 0.3 is 0 Å². The maximum Gasteiger partial charge on any atom is 0.126 e. The van der Waals surface area contributed by atoms with Crippen molar-refractivity contribution in [2.45, 2.75) is 45.6 Å². The average molecular weight is 223 g/mol. The minimum atomic E-state index is -0.0889. The van der Waals surface area contributed by atoms with Gasteiger partial charge in [0.2, 0.25) is 0 Å². The number of halogens is 1. The van der Waals surface area contributed by atoms with Crippen molar-refractivity contribution >= 4 is 0 Å². The number of hydrogen-bond acceptors (Lipinski definition) is 1. The van der Waals surface area contributed by atoms with Gasteiger partial charge in [0.15, 0.2) is 0 Å². The van der Waals surface area contributed by atoms with Gasteiger partial charge in [0, 0.05) is 6.04 Å². The summed E-state index contributed by atoms with van der Waals surface area (Å²) in [5, 5.41) is 3.31. The first-order chi connectivity index (χ1) is 7.67. The molecule has 1 nitrogen and oxygen atoms in total. The van der Waals surface area contributed by atoms with Crippen LogP contribution in [0.15, 0.2) is 18.2 Å². The standard InChI is InChI=1S/C14H22FN/c1-4-5-13(16-3)9-8-12-7-6-11(2)14(15)10-12/h6-7,10,13,16H,4-5,8-9H2,1-3H3. The Bertz CT molecular complexity index is 323. The first kappa shape index (κ1) is 13.2. The van der Waals surface area contributed by atoms with Crippen molar-refractivity contribution in [2.24, 2.45) is 0 Å². The monoisotopic (exact) mass is 223 g/mol. The van der Waals surface area contributed by atoms with Crippen LogP contribution < -0.4 is 5.32 Å². The highest BCUT2D eigenvalue weighted by Gasteiger charge is 2.06. The fourth-order valence-corrected chi connectivity index (χ4v) is 1.91. The molecule has 90 valence electrons. The van der Waals surface area contributed by atoms with Crippen molar-refractivity contribution in [2.75, 3.05) is 7.05 Å². The van der Waals surface area contributed by atoms with E-state index >= 15 is 0 Å². The van der Waals surface area contributed by atoms with Gasteiger partial charge in [-0.2, -0.15) is 0 Å². The lowest BCUT2D eigenvalue weighted by atomic mass is 10.0. The summed E-state index contributed by atoms with van der Waals surface area (Å²) >= 11 is 0. The largest absolute Gasteiger partial charge is 0.317 e. The van der Waals surface area contributed by atoms with Gasteiger partial charge < -0.3 is 5.32 Å². The molecule has 0 aliphatic carbocycles. The lowest BCUT2D eigenvalue weighted by Gasteiger charge is -2.15. The highest BCUT2D eigenvalue weighted by atomic mass is 19.1. The van der Waals surface area contributed by atoms with Gasteiger partial charge in [-0.05, 0) is 50.4 Å². The summed E-state index contributed by atoms with van der Waals surface area (Å²) in [6.45, 7) is 3.99. The number of rotatable bonds is 6. The van der Waals surface area contributed by atoms with E-state index in [0.717, 1.165) is 24.0 Å². The summed E-state index contributed by atoms with van der Waals surface area (Å²) in [6, 6.07) is 6.10. The molecule has 1 N–H and O–H groups in total. The second-order valence-corrected chi connectivity index (χ2v) is 4.40. The van der Waals surface area contributed by atoms with Gasteiger partial charge in [-0.1, -0.05) is 25.5 Å². The molecule has 0 spiro atoms. The molecule has 0 saturated heterocycles. The third-order valence-electron chi connectivity index (χ3n) is 3.06. The van der Waals surface area contributed by atoms with Crippen LogP contribution in [0, 0.1) is 12.7 Å². The van der Waals surface area contributed by atoms with E-state index in [4.69, 9.17) is 0 Å². The molecule has 0 heterocycles. The van der Waals surface area contributed by atoms with E-state index in [1.54, 1.807) is 13.0 Å². The van der Waals surface area contributed by atoms with E-state index in [1.807, 2.05) is 19.2 Å². The van der Waals surface area contributed by atoms with E-state index in [-0.39, 0.29) is 5.82 Å². The van der Waals surface area contributed by atoms with Crippen LogP contribution in [0.3, 0.4) is 0 Å². The van der Waals surface area contributed by atoms with Gasteiger partial charge in [0.25, 0.3) is 0 Å². The fraction of sp³-hybridized carbons (Fsp3) is 0.571. The summed E-state index contributed by atoms with van der Waals surface area (Å²) in [5.74, 6) is -0.0889. The number of nitrogens with one attached hydrogen (secondary N) is 1. The zero-order chi connectivity index (χ0) is 12.0. The van der Waals surface area contributed by atoms with Crippen LogP contribution in [0.5, 0.6) is 0 Å². The SMILES string of the molecule is CCCC(CCc1ccc(C)c(F)c1)NC. The van der Waals surface area contributed by atoms with Crippen molar-refractivity contribution in [3.63, 3.8) is 0 Å². The van der Waals surface area contributed by atoms with Gasteiger partial charge in [0.05, 0.1) is 0 Å². The molecule has 0 amide bonds. The van der Waals surface area contributed by atoms with E-state index in [0.29, 0.717) is 6.04 Å². The van der Waals surface area contributed by atoms with Crippen molar-refractivity contribution in [1.29, 1.82) is 0 Å². The van der Waals surface area contributed by atoms with Gasteiger partial charge in [-0.25, -0.2) is 4.39 Å². The molecule has 1 aromatic carbocycles. The fourth-order valence-electron chi connectivity index (χ4n) is 1.91. The Balaban J connectivity index is 2.50. The number of benzene rings is 1. The first-order valence-electron chi connectivity index (χ1n) is 6.09. The predicted molar refractivity (Wildman–Crippen MR) is 67.2 cm³/mol. The molecule has 16 heavy (non-hydrogen) atoms. The van der Waals surface area contributed by atoms with Crippen LogP contribution >= 0.6 is 0 Å².